The molecule has 0 spiro atoms. The molecule has 4 bridgehead atoms. The minimum absolute atomic E-state index is 0.0566. The number of hydrogen-bond acceptors (Lipinski definition) is 5. The topological polar surface area (TPSA) is 81.7 Å². The lowest BCUT2D eigenvalue weighted by Gasteiger charge is -2.58. The Bertz CT molecular complexity index is 905. The summed E-state index contributed by atoms with van der Waals surface area (Å²) in [5.74, 6) is -0.453. The van der Waals surface area contributed by atoms with Gasteiger partial charge in [0.25, 0.3) is 5.91 Å². The van der Waals surface area contributed by atoms with Crippen LogP contribution in [-0.2, 0) is 14.8 Å². The molecule has 0 aromatic heterocycles. The number of sulfonamides is 1. The monoisotopic (exact) mass is 431 g/mol. The van der Waals surface area contributed by atoms with Crippen LogP contribution in [0.2, 0.25) is 5.02 Å². The molecule has 6 nitrogen and oxygen atoms in total. The predicted molar refractivity (Wildman–Crippen MR) is 101 cm³/mol. The van der Waals surface area contributed by atoms with Gasteiger partial charge in [0, 0.05) is 13.2 Å². The van der Waals surface area contributed by atoms with E-state index in [0.29, 0.717) is 17.8 Å². The number of nitrogens with one attached hydrogen (secondary N) is 1. The van der Waals surface area contributed by atoms with Gasteiger partial charge in [0.2, 0.25) is 10.0 Å². The number of amides is 1. The second-order valence-corrected chi connectivity index (χ2v) is 10.6. The molecular formula is C19H23ClFNO5S. The summed E-state index contributed by atoms with van der Waals surface area (Å²) in [6, 6.07) is 2.18. The molecule has 4 aliphatic rings. The van der Waals surface area contributed by atoms with Crippen LogP contribution < -0.4 is 9.46 Å². The van der Waals surface area contributed by atoms with Crippen molar-refractivity contribution in [1.29, 1.82) is 0 Å². The lowest BCUT2D eigenvalue weighted by atomic mass is 9.53. The summed E-state index contributed by atoms with van der Waals surface area (Å²) in [7, 11) is -2.03. The molecule has 1 N–H and O–H groups in total. The van der Waals surface area contributed by atoms with E-state index in [1.807, 2.05) is 0 Å². The molecular weight excluding hydrogens is 409 g/mol. The molecule has 1 aromatic rings. The van der Waals surface area contributed by atoms with Crippen LogP contribution in [0.5, 0.6) is 5.75 Å². The molecule has 28 heavy (non-hydrogen) atoms. The Morgan fingerprint density at radius 1 is 1.25 bits per heavy atom. The maximum Gasteiger partial charge on any atom is 0.267 e. The van der Waals surface area contributed by atoms with Crippen molar-refractivity contribution >= 4 is 27.5 Å². The quantitative estimate of drug-likeness (QED) is 0.774. The maximum atomic E-state index is 14.5. The Labute approximate surface area is 168 Å². The number of carbonyl (C=O) groups excluding carboxylic acids is 1. The van der Waals surface area contributed by atoms with Gasteiger partial charge >= 0.3 is 0 Å². The molecule has 1 aromatic carbocycles. The highest BCUT2D eigenvalue weighted by molar-refractivity contribution is 7.89. The number of hydrogen-bond donors (Lipinski definition) is 1. The fourth-order valence-electron chi connectivity index (χ4n) is 5.51. The zero-order valence-electron chi connectivity index (χ0n) is 15.7. The molecule has 5 rings (SSSR count). The largest absolute Gasteiger partial charge is 0.488 e. The summed E-state index contributed by atoms with van der Waals surface area (Å²) in [6.45, 7) is 0. The standard InChI is InChI=1S/C19H23ClFNO5S/c1-26-19-7-10-3-11(8-19)17(12(4-10)9-19)27-16-6-15(21)13(5-14(16)20)18(23)22-28(2,24)25/h5-6,10-12,17H,3-4,7-9H2,1-2H3,(H,22,23). The summed E-state index contributed by atoms with van der Waals surface area (Å²) in [5, 5.41) is 0.0790. The van der Waals surface area contributed by atoms with Gasteiger partial charge in [-0.15, -0.1) is 0 Å². The summed E-state index contributed by atoms with van der Waals surface area (Å²) in [6.07, 6.45) is 5.85. The van der Waals surface area contributed by atoms with Crippen molar-refractivity contribution in [2.45, 2.75) is 43.8 Å². The van der Waals surface area contributed by atoms with E-state index in [1.54, 1.807) is 11.8 Å². The van der Waals surface area contributed by atoms with E-state index < -0.39 is 27.3 Å². The van der Waals surface area contributed by atoms with E-state index in [2.05, 4.69) is 0 Å². The Hall–Kier alpha value is -1.38. The smallest absolute Gasteiger partial charge is 0.267 e. The normalized spacial score (nSPS) is 33.7. The molecule has 2 unspecified atom stereocenters. The van der Waals surface area contributed by atoms with Crippen LogP contribution >= 0.6 is 11.6 Å². The van der Waals surface area contributed by atoms with Crippen LogP contribution in [-0.4, -0.2) is 39.4 Å². The highest BCUT2D eigenvalue weighted by Crippen LogP contribution is 2.58. The van der Waals surface area contributed by atoms with E-state index in [4.69, 9.17) is 21.1 Å². The number of halogens is 2. The summed E-state index contributed by atoms with van der Waals surface area (Å²) in [4.78, 5) is 12.0. The maximum absolute atomic E-state index is 14.5. The van der Waals surface area contributed by atoms with Crippen LogP contribution in [0.15, 0.2) is 12.1 Å². The first-order valence-electron chi connectivity index (χ1n) is 9.32. The third kappa shape index (κ3) is 3.62. The van der Waals surface area contributed by atoms with Gasteiger partial charge in [0.05, 0.1) is 22.4 Å². The Kier molecular flexibility index (Phi) is 4.87. The second-order valence-electron chi connectivity index (χ2n) is 8.41. The van der Waals surface area contributed by atoms with Crippen LogP contribution in [0.1, 0.15) is 42.5 Å². The van der Waals surface area contributed by atoms with Gasteiger partial charge in [-0.1, -0.05) is 11.6 Å². The lowest BCUT2D eigenvalue weighted by molar-refractivity contribution is -0.182. The van der Waals surface area contributed by atoms with Crippen molar-refractivity contribution in [3.8, 4) is 5.75 Å². The van der Waals surface area contributed by atoms with Gasteiger partial charge in [-0.3, -0.25) is 4.79 Å². The summed E-state index contributed by atoms with van der Waals surface area (Å²) >= 11 is 6.24. The molecule has 0 saturated heterocycles. The van der Waals surface area contributed by atoms with Crippen molar-refractivity contribution in [2.75, 3.05) is 13.4 Å². The number of rotatable bonds is 5. The Morgan fingerprint density at radius 3 is 2.46 bits per heavy atom. The van der Waals surface area contributed by atoms with Gasteiger partial charge in [0.1, 0.15) is 17.7 Å². The van der Waals surface area contributed by atoms with Crippen LogP contribution in [0.25, 0.3) is 0 Å². The molecule has 0 aliphatic heterocycles. The second kappa shape index (κ2) is 6.85. The van der Waals surface area contributed by atoms with E-state index in [1.165, 1.54) is 0 Å². The fourth-order valence-corrected chi connectivity index (χ4v) is 6.16. The van der Waals surface area contributed by atoms with Crippen molar-refractivity contribution < 1.29 is 27.1 Å². The van der Waals surface area contributed by atoms with Crippen molar-refractivity contribution in [3.05, 3.63) is 28.5 Å². The molecule has 9 heteroatoms. The van der Waals surface area contributed by atoms with Gasteiger partial charge < -0.3 is 9.47 Å². The number of benzene rings is 1. The van der Waals surface area contributed by atoms with Crippen LogP contribution in [0.4, 0.5) is 4.39 Å². The van der Waals surface area contributed by atoms with Gasteiger partial charge in [-0.25, -0.2) is 17.5 Å². The number of ether oxygens (including phenoxy) is 2. The minimum atomic E-state index is -3.81. The fraction of sp³-hybridized carbons (Fsp3) is 0.632. The molecule has 4 saturated carbocycles. The molecule has 4 aliphatic carbocycles. The molecule has 154 valence electrons. The van der Waals surface area contributed by atoms with Gasteiger partial charge in [-0.2, -0.15) is 0 Å². The third-order valence-electron chi connectivity index (χ3n) is 6.37. The van der Waals surface area contributed by atoms with Crippen molar-refractivity contribution in [2.24, 2.45) is 17.8 Å². The van der Waals surface area contributed by atoms with E-state index in [-0.39, 0.29) is 22.5 Å². The first kappa shape index (κ1) is 19.9. The predicted octanol–water partition coefficient (Wildman–Crippen LogP) is 3.14. The van der Waals surface area contributed by atoms with Crippen LogP contribution in [0.3, 0.4) is 0 Å². The molecule has 4 fully saturated rings. The summed E-state index contributed by atoms with van der Waals surface area (Å²) in [5.41, 5.74) is -0.495. The first-order chi connectivity index (χ1) is 13.1. The SMILES string of the molecule is COC12CC3CC(C1)C(Oc1cc(F)c(C(=O)NS(C)(=O)=O)cc1Cl)C(C3)C2. The highest BCUT2D eigenvalue weighted by Gasteiger charge is 2.56. The van der Waals surface area contributed by atoms with Crippen LogP contribution in [0, 0.1) is 23.6 Å². The van der Waals surface area contributed by atoms with Crippen molar-refractivity contribution in [3.63, 3.8) is 0 Å². The lowest BCUT2D eigenvalue weighted by Crippen LogP contribution is -2.59. The van der Waals surface area contributed by atoms with E-state index >= 15 is 0 Å². The molecule has 1 amide bonds. The van der Waals surface area contributed by atoms with Gasteiger partial charge in [-0.05, 0) is 55.9 Å². The summed E-state index contributed by atoms with van der Waals surface area (Å²) < 4.78 is 50.6. The zero-order chi connectivity index (χ0) is 20.3. The number of methoxy groups -OCH3 is 1. The number of carbonyl (C=O) groups is 1. The average Bonchev–Trinajstić information content (AvgIpc) is 2.58. The van der Waals surface area contributed by atoms with E-state index in [0.717, 1.165) is 50.5 Å². The highest BCUT2D eigenvalue weighted by atomic mass is 35.5. The molecule has 0 radical (unpaired) electrons. The van der Waals surface area contributed by atoms with Crippen molar-refractivity contribution in [1.82, 2.24) is 4.72 Å². The first-order valence-corrected chi connectivity index (χ1v) is 11.6. The zero-order valence-corrected chi connectivity index (χ0v) is 17.3. The molecule has 2 atom stereocenters. The third-order valence-corrected chi connectivity index (χ3v) is 7.22. The Balaban J connectivity index is 1.55. The van der Waals surface area contributed by atoms with E-state index in [9.17, 15) is 17.6 Å². The minimum Gasteiger partial charge on any atom is -0.488 e. The molecule has 0 heterocycles. The van der Waals surface area contributed by atoms with Gasteiger partial charge in [0.15, 0.2) is 0 Å². The average molecular weight is 432 g/mol. The Morgan fingerprint density at radius 2 is 1.89 bits per heavy atom.